The van der Waals surface area contributed by atoms with Crippen LogP contribution in [-0.4, -0.2) is 137 Å². The molecule has 0 atom stereocenters. The number of phosphoric acid groups is 3. The molecule has 0 fully saturated rings. The average Bonchev–Trinajstić information content (AvgIpc) is 1.60. The smallest absolute Gasteiger partial charge is 0.508 e. The van der Waals surface area contributed by atoms with Crippen LogP contribution in [0, 0.1) is 0 Å². The van der Waals surface area contributed by atoms with Crippen LogP contribution in [0.15, 0.2) is 196 Å². The standard InChI is InChI=1S/3C25H28N5O6P.C25H27N5O3/c1-3-5-9-20-29-22-23(30(20)14-16-7-6-8-19(31)24(16)36-37(33,34)35)17-11-10-15(13-27-21(32)4-2)12-18(17)28-25(22)26;1-3-5-6-21-29-23-24(30(21)14-16-12-17(8-10-20(16)31)36-37(33,34)35)18-9-7-15(13-27-22(32)4-2)11-19(18)28-25(23)26;1-3-5-6-21-29-23-24(30(21)14-16-12-17(31)8-10-20(16)36-37(33,34)35)18-9-7-15(13-27-22(32)4-2)11-19(18)28-25(23)26;1-3-5-6-21-29-23-24(30(21)14-16-12-17(31)8-10-20(16)32)18-9-7-15(13-27-22(33)4-2)11-19(18)28-25(23)26/h4,6-8,10-12,31H,2-3,5,9,13-14H2,1H3,(H2,26,28)(H,27,32)(H2,33,34,35);2*4,7-12,31H,2-3,5-6,13-14H2,1H3,(H2,26,28)(H,27,32)(H2,33,34,35);4,7-12,31-32H,2-3,5-6,13-14H2,1H3,(H2,26,28)(H,27,33). The van der Waals surface area contributed by atoms with E-state index in [1.54, 1.807) is 18.2 Å². The van der Waals surface area contributed by atoms with Gasteiger partial charge in [0.1, 0.15) is 79.9 Å². The Hall–Kier alpha value is -15.8. The molecule has 0 unspecified atom stereocenters. The van der Waals surface area contributed by atoms with Gasteiger partial charge in [0.25, 0.3) is 0 Å². The van der Waals surface area contributed by atoms with Crippen LogP contribution in [0.4, 0.5) is 23.3 Å². The van der Waals surface area contributed by atoms with E-state index >= 15 is 0 Å². The van der Waals surface area contributed by atoms with Gasteiger partial charge >= 0.3 is 23.5 Å². The van der Waals surface area contributed by atoms with Crippen LogP contribution in [-0.2, 0) is 111 Å². The number of rotatable bonds is 38. The fraction of sp³-hybridized carbons (Fsp3) is 0.240. The molecule has 4 amide bonds. The molecule has 0 spiro atoms. The van der Waals surface area contributed by atoms with E-state index < -0.39 is 29.2 Å². The number of phosphoric ester groups is 3. The third-order valence-corrected chi connectivity index (χ3v) is 24.5. The van der Waals surface area contributed by atoms with E-state index in [0.717, 1.165) is 124 Å². The maximum Gasteiger partial charge on any atom is 0.524 e. The highest BCUT2D eigenvalue weighted by atomic mass is 31.2. The molecule has 0 saturated carbocycles. The Kier molecular flexibility index (Phi) is 33.9. The SMILES string of the molecule is C=CC(=O)NCc1ccc2c(c1)nc(N)c1nc(CCCC)n(Cc3cc(O)ccc3O)c12.C=CC(=O)NCc1ccc2c(c1)nc(N)c1nc(CCCC)n(Cc3cc(O)ccc3OP(=O)(O)O)c12.C=CC(=O)NCc1ccc2c(c1)nc(N)c1nc(CCCC)n(Cc3cc(OP(=O)(O)O)ccc3O)c12.C=CC(=O)NCc1ccc2c(c1)nc(N)c1nc(CCCC)n(Cc3cccc(O)c3OP(=O)(O)O)c12. The van der Waals surface area contributed by atoms with Crippen molar-refractivity contribution in [1.29, 1.82) is 0 Å². The first-order chi connectivity index (χ1) is 68.7. The lowest BCUT2D eigenvalue weighted by Crippen LogP contribution is -2.19. The van der Waals surface area contributed by atoms with Gasteiger partial charge in [0.05, 0.1) is 70.3 Å². The molecule has 0 aliphatic heterocycles. The molecule has 8 heterocycles. The number of carbonyl (C=O) groups excluding carboxylic acids is 4. The average molecular weight is 2020 g/mol. The maximum atomic E-state index is 11.6. The third-order valence-electron chi connectivity index (χ3n) is 23.2. The number of amides is 4. The van der Waals surface area contributed by atoms with Gasteiger partial charge in [0, 0.05) is 95.7 Å². The van der Waals surface area contributed by atoms with Gasteiger partial charge in [-0.05, 0) is 157 Å². The Labute approximate surface area is 824 Å². The summed E-state index contributed by atoms with van der Waals surface area (Å²) >= 11 is 0. The molecule has 0 saturated heterocycles. The highest BCUT2D eigenvalue weighted by molar-refractivity contribution is 7.47. The van der Waals surface area contributed by atoms with Gasteiger partial charge in [-0.2, -0.15) is 0 Å². The van der Waals surface area contributed by atoms with Crippen LogP contribution in [0.2, 0.25) is 0 Å². The quantitative estimate of drug-likeness (QED) is 0.00971. The van der Waals surface area contributed by atoms with Crippen LogP contribution in [0.1, 0.15) is 147 Å². The van der Waals surface area contributed by atoms with Crippen LogP contribution >= 0.6 is 23.5 Å². The Morgan fingerprint density at radius 3 is 0.965 bits per heavy atom. The van der Waals surface area contributed by atoms with Crippen molar-refractivity contribution in [1.82, 2.24) is 79.4 Å². The summed E-state index contributed by atoms with van der Waals surface area (Å²) < 4.78 is 56.7. The summed E-state index contributed by atoms with van der Waals surface area (Å²) in [5.74, 6) is 2.15. The Morgan fingerprint density at radius 1 is 0.347 bits per heavy atom. The number of para-hydroxylation sites is 1. The zero-order valence-corrected chi connectivity index (χ0v) is 81.8. The van der Waals surface area contributed by atoms with Gasteiger partial charge in [0.15, 0.2) is 34.8 Å². The summed E-state index contributed by atoms with van der Waals surface area (Å²) in [7, 11) is -14.5. The van der Waals surface area contributed by atoms with Crippen molar-refractivity contribution in [2.24, 2.45) is 0 Å². The first-order valence-corrected chi connectivity index (χ1v) is 50.4. The van der Waals surface area contributed by atoms with Gasteiger partial charge in [0.2, 0.25) is 23.6 Å². The molecule has 0 aliphatic rings. The van der Waals surface area contributed by atoms with E-state index in [0.29, 0.717) is 134 Å². The van der Waals surface area contributed by atoms with Gasteiger partial charge in [-0.15, -0.1) is 0 Å². The van der Waals surface area contributed by atoms with Crippen LogP contribution in [0.25, 0.3) is 87.7 Å². The predicted molar refractivity (Wildman–Crippen MR) is 549 cm³/mol. The van der Waals surface area contributed by atoms with Crippen molar-refractivity contribution in [3.63, 3.8) is 0 Å². The Bertz CT molecular complexity index is 7640. The zero-order valence-electron chi connectivity index (χ0n) is 79.2. The van der Waals surface area contributed by atoms with Crippen molar-refractivity contribution in [3.05, 3.63) is 264 Å². The van der Waals surface area contributed by atoms with E-state index in [4.69, 9.17) is 56.4 Å². The largest absolute Gasteiger partial charge is 0.524 e. The number of nitrogens with zero attached hydrogens (tertiary/aromatic N) is 12. The Morgan fingerprint density at radius 2 is 0.646 bits per heavy atom. The van der Waals surface area contributed by atoms with Crippen LogP contribution < -0.4 is 57.8 Å². The molecule has 8 aromatic carbocycles. The summed E-state index contributed by atoms with van der Waals surface area (Å²) in [6.45, 7) is 24.0. The molecule has 44 heteroatoms. The lowest BCUT2D eigenvalue weighted by molar-refractivity contribution is -0.117. The lowest BCUT2D eigenvalue weighted by atomic mass is 10.1. The number of phenolic OH excluding ortho intramolecular Hbond substituents is 5. The molecule has 8 aromatic heterocycles. The minimum Gasteiger partial charge on any atom is -0.508 e. The van der Waals surface area contributed by atoms with Gasteiger partial charge in [-0.25, -0.2) is 53.6 Å². The number of hydrogen-bond acceptors (Lipinski definition) is 27. The van der Waals surface area contributed by atoms with E-state index in [1.807, 2.05) is 91.1 Å². The lowest BCUT2D eigenvalue weighted by Gasteiger charge is -2.16. The summed E-state index contributed by atoms with van der Waals surface area (Å²) in [6.07, 6.45) is 14.8. The number of imidazole rings is 4. The number of aromatic nitrogens is 12. The molecular weight excluding hydrogens is 1910 g/mol. The number of nitrogens with two attached hydrogens (primary N) is 4. The number of unbranched alkanes of at least 4 members (excludes halogenated alkanes) is 4. The minimum absolute atomic E-state index is 0.0546. The normalized spacial score (nSPS) is 11.5. The zero-order chi connectivity index (χ0) is 104. The fourth-order valence-corrected chi connectivity index (χ4v) is 17.6. The van der Waals surface area contributed by atoms with E-state index in [2.05, 4.69) is 95.2 Å². The molecule has 16 rings (SSSR count). The van der Waals surface area contributed by atoms with Crippen molar-refractivity contribution in [2.45, 2.75) is 157 Å². The molecule has 0 bridgehead atoms. The second-order valence-electron chi connectivity index (χ2n) is 33.6. The van der Waals surface area contributed by atoms with Crippen molar-refractivity contribution < 1.29 is 101 Å². The number of pyridine rings is 4. The van der Waals surface area contributed by atoms with Gasteiger partial charge in [-0.1, -0.05) is 140 Å². The number of benzene rings is 8. The summed E-state index contributed by atoms with van der Waals surface area (Å²) in [5.41, 5.74) is 37.9. The summed E-state index contributed by atoms with van der Waals surface area (Å²) in [5, 5.41) is 65.4. The number of nitrogen functional groups attached to an aromatic ring is 4. The van der Waals surface area contributed by atoms with Crippen molar-refractivity contribution >= 4 is 158 Å². The molecule has 144 heavy (non-hydrogen) atoms. The number of carbonyl (C=O) groups is 4. The number of anilines is 4. The van der Waals surface area contributed by atoms with E-state index in [9.17, 15) is 87.8 Å². The summed E-state index contributed by atoms with van der Waals surface area (Å²) in [6, 6.07) is 39.4. The van der Waals surface area contributed by atoms with E-state index in [1.165, 1.54) is 78.9 Å². The topological polar surface area (TPSA) is 645 Å². The monoisotopic (exact) mass is 2020 g/mol. The predicted octanol–water partition coefficient (Wildman–Crippen LogP) is 14.4. The molecular formula is C100H111N20O21P3. The third kappa shape index (κ3) is 25.9. The molecule has 23 N–H and O–H groups in total. The summed E-state index contributed by atoms with van der Waals surface area (Å²) in [4.78, 5) is 139. The van der Waals surface area contributed by atoms with Gasteiger partial charge in [-0.3, -0.25) is 48.5 Å². The second-order valence-corrected chi connectivity index (χ2v) is 37.1. The number of aromatic hydroxyl groups is 5. The van der Waals surface area contributed by atoms with E-state index in [-0.39, 0.29) is 114 Å². The first-order valence-electron chi connectivity index (χ1n) is 45.8. The van der Waals surface area contributed by atoms with Gasteiger partial charge < -0.3 is 102 Å². The van der Waals surface area contributed by atoms with Crippen molar-refractivity contribution in [2.75, 3.05) is 22.9 Å². The number of aryl methyl sites for hydroxylation is 4. The first kappa shape index (κ1) is 105. The number of hydrogen-bond donors (Lipinski definition) is 19. The number of nitrogens with one attached hydrogen (secondary N) is 4. The second kappa shape index (κ2) is 46.3. The molecule has 41 nitrogen and oxygen atoms in total. The highest BCUT2D eigenvalue weighted by Gasteiger charge is 2.30. The Balaban J connectivity index is 0.000000161. The molecule has 0 radical (unpaired) electrons. The number of phenols is 5. The van der Waals surface area contributed by atoms with Crippen LogP contribution in [0.5, 0.6) is 46.0 Å². The van der Waals surface area contributed by atoms with Crippen molar-refractivity contribution in [3.8, 4) is 46.0 Å². The number of fused-ring (bicyclic) bond motifs is 12. The highest BCUT2D eigenvalue weighted by Crippen LogP contribution is 2.47. The van der Waals surface area contributed by atoms with Crippen LogP contribution in [0.3, 0.4) is 0 Å². The maximum absolute atomic E-state index is 11.6. The molecule has 16 aromatic rings. The minimum atomic E-state index is -4.93. The molecule has 752 valence electrons. The molecule has 0 aliphatic carbocycles. The fourth-order valence-electron chi connectivity index (χ4n) is 16.4.